The van der Waals surface area contributed by atoms with Crippen LogP contribution in [0.2, 0.25) is 10.0 Å². The zero-order valence-corrected chi connectivity index (χ0v) is 15.4. The molecule has 6 heteroatoms. The minimum atomic E-state index is 0.599. The predicted octanol–water partition coefficient (Wildman–Crippen LogP) is 3.64. The quantitative estimate of drug-likeness (QED) is 0.826. The minimum Gasteiger partial charge on any atom is -0.362 e. The third kappa shape index (κ3) is 4.98. The van der Waals surface area contributed by atoms with Gasteiger partial charge in [0, 0.05) is 54.9 Å². The molecule has 0 atom stereocenters. The summed E-state index contributed by atoms with van der Waals surface area (Å²) in [5.41, 5.74) is 1.01. The fourth-order valence-corrected chi connectivity index (χ4v) is 3.20. The Morgan fingerprint density at radius 2 is 1.77 bits per heavy atom. The standard InChI is InChI=1S/C16H23Cl2N3S/c1-12(2)10-19-16(22)21-8-6-20(7-9-21)11-13-14(17)4-3-5-15(13)18/h3-5,12H,6-11H2,1-2H3,(H,19,22). The van der Waals surface area contributed by atoms with Gasteiger partial charge in [0.1, 0.15) is 0 Å². The first-order valence-corrected chi connectivity index (χ1v) is 8.82. The first-order chi connectivity index (χ1) is 10.5. The predicted molar refractivity (Wildman–Crippen MR) is 98.8 cm³/mol. The highest BCUT2D eigenvalue weighted by Crippen LogP contribution is 2.26. The van der Waals surface area contributed by atoms with Crippen LogP contribution in [0, 0.1) is 5.92 Å². The van der Waals surface area contributed by atoms with E-state index in [2.05, 4.69) is 29.0 Å². The number of nitrogens with zero attached hydrogens (tertiary/aromatic N) is 2. The lowest BCUT2D eigenvalue weighted by Gasteiger charge is -2.36. The first kappa shape index (κ1) is 17.8. The number of halogens is 2. The van der Waals surface area contributed by atoms with Crippen LogP contribution in [0.4, 0.5) is 0 Å². The third-order valence-electron chi connectivity index (χ3n) is 3.76. The summed E-state index contributed by atoms with van der Waals surface area (Å²) in [6.45, 7) is 9.88. The van der Waals surface area contributed by atoms with E-state index < -0.39 is 0 Å². The molecule has 0 spiro atoms. The van der Waals surface area contributed by atoms with Gasteiger partial charge in [0.05, 0.1) is 0 Å². The Hall–Kier alpha value is -0.550. The molecule has 1 fully saturated rings. The van der Waals surface area contributed by atoms with Crippen molar-refractivity contribution < 1.29 is 0 Å². The van der Waals surface area contributed by atoms with Crippen LogP contribution in [0.15, 0.2) is 18.2 Å². The summed E-state index contributed by atoms with van der Waals surface area (Å²) in [6.07, 6.45) is 0. The van der Waals surface area contributed by atoms with Gasteiger partial charge < -0.3 is 10.2 Å². The zero-order valence-electron chi connectivity index (χ0n) is 13.1. The van der Waals surface area contributed by atoms with Gasteiger partial charge in [-0.3, -0.25) is 4.90 Å². The maximum atomic E-state index is 6.25. The normalized spacial score (nSPS) is 16.1. The number of piperazine rings is 1. The van der Waals surface area contributed by atoms with Crippen LogP contribution < -0.4 is 5.32 Å². The van der Waals surface area contributed by atoms with Gasteiger partial charge in [-0.05, 0) is 30.3 Å². The van der Waals surface area contributed by atoms with Crippen molar-refractivity contribution in [2.75, 3.05) is 32.7 Å². The summed E-state index contributed by atoms with van der Waals surface area (Å²) in [6, 6.07) is 5.67. The van der Waals surface area contributed by atoms with Gasteiger partial charge in [-0.15, -0.1) is 0 Å². The highest BCUT2D eigenvalue weighted by Gasteiger charge is 2.20. The van der Waals surface area contributed by atoms with E-state index in [1.165, 1.54) is 0 Å². The molecular formula is C16H23Cl2N3S. The summed E-state index contributed by atoms with van der Waals surface area (Å²) >= 11 is 17.9. The lowest BCUT2D eigenvalue weighted by molar-refractivity contribution is 0.174. The topological polar surface area (TPSA) is 18.5 Å². The molecule has 1 aliphatic heterocycles. The van der Waals surface area contributed by atoms with E-state index in [4.69, 9.17) is 35.4 Å². The molecule has 0 bridgehead atoms. The molecule has 1 aromatic rings. The molecule has 0 unspecified atom stereocenters. The van der Waals surface area contributed by atoms with Crippen LogP contribution in [0.25, 0.3) is 0 Å². The van der Waals surface area contributed by atoms with E-state index in [0.717, 1.165) is 60.0 Å². The van der Waals surface area contributed by atoms with E-state index in [1.807, 2.05) is 18.2 Å². The first-order valence-electron chi connectivity index (χ1n) is 7.65. The lowest BCUT2D eigenvalue weighted by Crippen LogP contribution is -2.51. The molecule has 2 rings (SSSR count). The average Bonchev–Trinajstić information content (AvgIpc) is 2.49. The van der Waals surface area contributed by atoms with Crippen molar-refractivity contribution in [2.45, 2.75) is 20.4 Å². The van der Waals surface area contributed by atoms with Crippen LogP contribution in [-0.4, -0.2) is 47.6 Å². The maximum absolute atomic E-state index is 6.25. The van der Waals surface area contributed by atoms with E-state index in [-0.39, 0.29) is 0 Å². The number of hydrogen-bond acceptors (Lipinski definition) is 2. The monoisotopic (exact) mass is 359 g/mol. The van der Waals surface area contributed by atoms with Gasteiger partial charge >= 0.3 is 0 Å². The van der Waals surface area contributed by atoms with Gasteiger partial charge in [-0.1, -0.05) is 43.1 Å². The van der Waals surface area contributed by atoms with Crippen LogP contribution >= 0.6 is 35.4 Å². The molecule has 3 nitrogen and oxygen atoms in total. The SMILES string of the molecule is CC(C)CNC(=S)N1CCN(Cc2c(Cl)cccc2Cl)CC1. The van der Waals surface area contributed by atoms with Gasteiger partial charge in [0.25, 0.3) is 0 Å². The number of thiocarbonyl (C=S) groups is 1. The van der Waals surface area contributed by atoms with E-state index in [0.29, 0.717) is 5.92 Å². The molecule has 1 heterocycles. The maximum Gasteiger partial charge on any atom is 0.169 e. The fraction of sp³-hybridized carbons (Fsp3) is 0.562. The second-order valence-corrected chi connectivity index (χ2v) is 7.24. The van der Waals surface area contributed by atoms with Crippen LogP contribution in [0.3, 0.4) is 0 Å². The second-order valence-electron chi connectivity index (χ2n) is 6.04. The molecule has 1 aliphatic rings. The van der Waals surface area contributed by atoms with Crippen LogP contribution in [0.1, 0.15) is 19.4 Å². The van der Waals surface area contributed by atoms with Gasteiger partial charge in [-0.25, -0.2) is 0 Å². The molecule has 0 aromatic heterocycles. The molecule has 22 heavy (non-hydrogen) atoms. The van der Waals surface area contributed by atoms with Gasteiger partial charge in [-0.2, -0.15) is 0 Å². The molecular weight excluding hydrogens is 337 g/mol. The molecule has 122 valence electrons. The van der Waals surface area contributed by atoms with Crippen molar-refractivity contribution in [1.29, 1.82) is 0 Å². The fourth-order valence-electron chi connectivity index (χ4n) is 2.42. The number of nitrogens with one attached hydrogen (secondary N) is 1. The van der Waals surface area contributed by atoms with Gasteiger partial charge in [0.2, 0.25) is 0 Å². The van der Waals surface area contributed by atoms with Crippen molar-refractivity contribution in [2.24, 2.45) is 5.92 Å². The van der Waals surface area contributed by atoms with Crippen molar-refractivity contribution in [1.82, 2.24) is 15.1 Å². The molecule has 1 N–H and O–H groups in total. The third-order valence-corrected chi connectivity index (χ3v) is 4.88. The Morgan fingerprint density at radius 3 is 2.32 bits per heavy atom. The Kier molecular flexibility index (Phi) is 6.75. The van der Waals surface area contributed by atoms with E-state index in [9.17, 15) is 0 Å². The smallest absolute Gasteiger partial charge is 0.169 e. The van der Waals surface area contributed by atoms with E-state index >= 15 is 0 Å². The van der Waals surface area contributed by atoms with Crippen LogP contribution in [-0.2, 0) is 6.54 Å². The molecule has 0 aliphatic carbocycles. The van der Waals surface area contributed by atoms with Crippen molar-refractivity contribution in [3.05, 3.63) is 33.8 Å². The summed E-state index contributed by atoms with van der Waals surface area (Å²) in [7, 11) is 0. The van der Waals surface area contributed by atoms with Crippen molar-refractivity contribution in [3.8, 4) is 0 Å². The molecule has 0 radical (unpaired) electrons. The molecule has 1 aromatic carbocycles. The zero-order chi connectivity index (χ0) is 16.1. The number of hydrogen-bond donors (Lipinski definition) is 1. The minimum absolute atomic E-state index is 0.599. The Bertz CT molecular complexity index is 494. The Labute approximate surface area is 148 Å². The summed E-state index contributed by atoms with van der Waals surface area (Å²) < 4.78 is 0. The van der Waals surface area contributed by atoms with Crippen molar-refractivity contribution in [3.63, 3.8) is 0 Å². The summed E-state index contributed by atoms with van der Waals surface area (Å²) in [5.74, 6) is 0.599. The summed E-state index contributed by atoms with van der Waals surface area (Å²) in [4.78, 5) is 4.61. The highest BCUT2D eigenvalue weighted by atomic mass is 35.5. The highest BCUT2D eigenvalue weighted by molar-refractivity contribution is 7.80. The van der Waals surface area contributed by atoms with E-state index in [1.54, 1.807) is 0 Å². The lowest BCUT2D eigenvalue weighted by atomic mass is 10.2. The van der Waals surface area contributed by atoms with Crippen LogP contribution in [0.5, 0.6) is 0 Å². The molecule has 0 amide bonds. The number of rotatable bonds is 4. The second kappa shape index (κ2) is 8.34. The average molecular weight is 360 g/mol. The van der Waals surface area contributed by atoms with Crippen molar-refractivity contribution >= 4 is 40.5 Å². The Morgan fingerprint density at radius 1 is 1.18 bits per heavy atom. The largest absolute Gasteiger partial charge is 0.362 e. The number of benzene rings is 1. The summed E-state index contributed by atoms with van der Waals surface area (Å²) in [5, 5.41) is 5.68. The van der Waals surface area contributed by atoms with Gasteiger partial charge in [0.15, 0.2) is 5.11 Å². The molecule has 1 saturated heterocycles. The Balaban J connectivity index is 1.83. The molecule has 0 saturated carbocycles.